The zero-order chi connectivity index (χ0) is 16.7. The number of nitrogen functional groups attached to an aromatic ring is 1. The number of pyridine rings is 1. The minimum Gasteiger partial charge on any atom is -0.383 e. The van der Waals surface area contributed by atoms with E-state index in [1.165, 1.54) is 19.3 Å². The maximum Gasteiger partial charge on any atom is 0.258 e. The van der Waals surface area contributed by atoms with Gasteiger partial charge in [-0.3, -0.25) is 4.79 Å². The number of anilines is 1. The van der Waals surface area contributed by atoms with Crippen LogP contribution >= 0.6 is 0 Å². The molecule has 0 saturated heterocycles. The van der Waals surface area contributed by atoms with Crippen molar-refractivity contribution in [2.45, 2.75) is 44.6 Å². The lowest BCUT2D eigenvalue weighted by atomic mass is 9.89. The molecule has 1 saturated carbocycles. The topological polar surface area (TPSA) is 64.2 Å². The van der Waals surface area contributed by atoms with Crippen molar-refractivity contribution < 1.29 is 4.79 Å². The van der Waals surface area contributed by atoms with Crippen LogP contribution in [0.25, 0.3) is 11.1 Å². The molecule has 2 aromatic heterocycles. The fourth-order valence-corrected chi connectivity index (χ4v) is 4.19. The van der Waals surface area contributed by atoms with Crippen molar-refractivity contribution in [1.82, 2.24) is 14.5 Å². The van der Waals surface area contributed by atoms with E-state index in [0.29, 0.717) is 17.4 Å². The van der Waals surface area contributed by atoms with Gasteiger partial charge < -0.3 is 15.2 Å². The Morgan fingerprint density at radius 2 is 2.04 bits per heavy atom. The first-order chi connectivity index (χ1) is 11.6. The van der Waals surface area contributed by atoms with Gasteiger partial charge in [0.15, 0.2) is 0 Å². The Bertz CT molecular complexity index is 774. The highest BCUT2D eigenvalue weighted by Crippen LogP contribution is 2.34. The summed E-state index contributed by atoms with van der Waals surface area (Å²) in [7, 11) is 2.00. The molecule has 4 rings (SSSR count). The SMILES string of the molecule is Cn1ccc(-c2cnc(N)c3c2CCN(C2CCCCC2)C3=O)c1. The lowest BCUT2D eigenvalue weighted by Crippen LogP contribution is -2.46. The molecule has 2 aliphatic rings. The van der Waals surface area contributed by atoms with E-state index in [4.69, 9.17) is 5.73 Å². The number of amides is 1. The van der Waals surface area contributed by atoms with Crippen molar-refractivity contribution in [1.29, 1.82) is 0 Å². The van der Waals surface area contributed by atoms with Crippen LogP contribution in [0, 0.1) is 0 Å². The van der Waals surface area contributed by atoms with Gasteiger partial charge in [-0.1, -0.05) is 19.3 Å². The Balaban J connectivity index is 1.73. The minimum absolute atomic E-state index is 0.0749. The fourth-order valence-electron chi connectivity index (χ4n) is 4.19. The molecule has 5 nitrogen and oxygen atoms in total. The number of nitrogens with zero attached hydrogens (tertiary/aromatic N) is 3. The molecule has 5 heteroatoms. The van der Waals surface area contributed by atoms with Gasteiger partial charge in [0.25, 0.3) is 5.91 Å². The van der Waals surface area contributed by atoms with Crippen LogP contribution < -0.4 is 5.73 Å². The third kappa shape index (κ3) is 2.48. The van der Waals surface area contributed by atoms with Crippen LogP contribution in [0.1, 0.15) is 48.0 Å². The molecule has 2 N–H and O–H groups in total. The summed E-state index contributed by atoms with van der Waals surface area (Å²) in [4.78, 5) is 19.5. The maximum atomic E-state index is 13.1. The van der Waals surface area contributed by atoms with Gasteiger partial charge in [0.2, 0.25) is 0 Å². The summed E-state index contributed by atoms with van der Waals surface area (Å²) in [5.41, 5.74) is 9.94. The molecule has 0 bridgehead atoms. The zero-order valence-corrected chi connectivity index (χ0v) is 14.2. The Hall–Kier alpha value is -2.30. The fraction of sp³-hybridized carbons (Fsp3) is 0.474. The van der Waals surface area contributed by atoms with Crippen molar-refractivity contribution >= 4 is 11.7 Å². The molecular formula is C19H24N4O. The minimum atomic E-state index is 0.0749. The standard InChI is InChI=1S/C19H24N4O/c1-22-9-7-13(12-22)16-11-21-18(20)17-15(16)8-10-23(19(17)24)14-5-3-2-4-6-14/h7,9,11-12,14H,2-6,8,10H2,1H3,(H2,20,21). The number of hydrogen-bond acceptors (Lipinski definition) is 3. The molecule has 0 radical (unpaired) electrons. The molecule has 1 amide bonds. The Labute approximate surface area is 142 Å². The van der Waals surface area contributed by atoms with Crippen molar-refractivity contribution in [3.05, 3.63) is 35.8 Å². The molecule has 0 aromatic carbocycles. The first-order valence-electron chi connectivity index (χ1n) is 8.86. The van der Waals surface area contributed by atoms with Gasteiger partial charge in [-0.25, -0.2) is 4.98 Å². The van der Waals surface area contributed by atoms with Crippen LogP contribution in [0.5, 0.6) is 0 Å². The summed E-state index contributed by atoms with van der Waals surface area (Å²) in [6, 6.07) is 2.44. The molecular weight excluding hydrogens is 300 g/mol. The van der Waals surface area contributed by atoms with Gasteiger partial charge in [0, 0.05) is 49.4 Å². The number of nitrogens with two attached hydrogens (primary N) is 1. The quantitative estimate of drug-likeness (QED) is 0.923. The number of hydrogen-bond donors (Lipinski definition) is 1. The van der Waals surface area contributed by atoms with E-state index >= 15 is 0 Å². The number of aromatic nitrogens is 2. The monoisotopic (exact) mass is 324 g/mol. The van der Waals surface area contributed by atoms with Gasteiger partial charge in [0.05, 0.1) is 5.56 Å². The van der Waals surface area contributed by atoms with Crippen LogP contribution in [0.4, 0.5) is 5.82 Å². The van der Waals surface area contributed by atoms with Crippen LogP contribution in [-0.4, -0.2) is 32.9 Å². The second-order valence-corrected chi connectivity index (χ2v) is 7.02. The molecule has 1 aliphatic carbocycles. The van der Waals surface area contributed by atoms with E-state index in [2.05, 4.69) is 17.2 Å². The summed E-state index contributed by atoms with van der Waals surface area (Å²) in [6.07, 6.45) is 12.7. The Morgan fingerprint density at radius 1 is 1.25 bits per heavy atom. The lowest BCUT2D eigenvalue weighted by molar-refractivity contribution is 0.0616. The summed E-state index contributed by atoms with van der Waals surface area (Å²) in [5.74, 6) is 0.445. The van der Waals surface area contributed by atoms with Gasteiger partial charge in [0.1, 0.15) is 5.82 Å². The van der Waals surface area contributed by atoms with E-state index < -0.39 is 0 Å². The van der Waals surface area contributed by atoms with Crippen molar-refractivity contribution in [3.8, 4) is 11.1 Å². The first kappa shape index (κ1) is 15.2. The molecule has 0 atom stereocenters. The Kier molecular flexibility index (Phi) is 3.79. The molecule has 24 heavy (non-hydrogen) atoms. The van der Waals surface area contributed by atoms with Crippen molar-refractivity contribution in [2.24, 2.45) is 7.05 Å². The average molecular weight is 324 g/mol. The number of rotatable bonds is 2. The average Bonchev–Trinajstić information content (AvgIpc) is 3.02. The highest BCUT2D eigenvalue weighted by Gasteiger charge is 2.34. The van der Waals surface area contributed by atoms with Crippen LogP contribution in [0.2, 0.25) is 0 Å². The largest absolute Gasteiger partial charge is 0.383 e. The van der Waals surface area contributed by atoms with Crippen molar-refractivity contribution in [3.63, 3.8) is 0 Å². The zero-order valence-electron chi connectivity index (χ0n) is 14.2. The smallest absolute Gasteiger partial charge is 0.258 e. The van der Waals surface area contributed by atoms with Gasteiger partial charge >= 0.3 is 0 Å². The second kappa shape index (κ2) is 5.96. The molecule has 0 spiro atoms. The molecule has 1 fully saturated rings. The molecule has 1 aliphatic heterocycles. The first-order valence-corrected chi connectivity index (χ1v) is 8.86. The predicted octanol–water partition coefficient (Wildman–Crippen LogP) is 3.00. The number of carbonyl (C=O) groups excluding carboxylic acids is 1. The molecule has 2 aromatic rings. The molecule has 126 valence electrons. The van der Waals surface area contributed by atoms with Crippen LogP contribution in [0.3, 0.4) is 0 Å². The van der Waals surface area contributed by atoms with E-state index in [0.717, 1.165) is 42.5 Å². The third-order valence-corrected chi connectivity index (χ3v) is 5.45. The van der Waals surface area contributed by atoms with E-state index in [-0.39, 0.29) is 5.91 Å². The lowest BCUT2D eigenvalue weighted by Gasteiger charge is -2.38. The Morgan fingerprint density at radius 3 is 2.75 bits per heavy atom. The third-order valence-electron chi connectivity index (χ3n) is 5.45. The molecule has 3 heterocycles. The van der Waals surface area contributed by atoms with E-state index in [9.17, 15) is 4.79 Å². The van der Waals surface area contributed by atoms with Crippen LogP contribution in [-0.2, 0) is 13.5 Å². The number of fused-ring (bicyclic) bond motifs is 1. The summed E-state index contributed by atoms with van der Waals surface area (Å²) in [6.45, 7) is 0.791. The van der Waals surface area contributed by atoms with Gasteiger partial charge in [-0.15, -0.1) is 0 Å². The predicted molar refractivity (Wildman–Crippen MR) is 94.7 cm³/mol. The van der Waals surface area contributed by atoms with E-state index in [1.54, 1.807) is 0 Å². The van der Waals surface area contributed by atoms with Crippen molar-refractivity contribution in [2.75, 3.05) is 12.3 Å². The maximum absolute atomic E-state index is 13.1. The molecule has 0 unspecified atom stereocenters. The van der Waals surface area contributed by atoms with E-state index in [1.807, 2.05) is 28.9 Å². The highest BCUT2D eigenvalue weighted by atomic mass is 16.2. The summed E-state index contributed by atoms with van der Waals surface area (Å²) in [5, 5.41) is 0. The van der Waals surface area contributed by atoms with Gasteiger partial charge in [-0.05, 0) is 30.9 Å². The summed E-state index contributed by atoms with van der Waals surface area (Å²) >= 11 is 0. The normalized spacial score (nSPS) is 18.7. The number of aryl methyl sites for hydroxylation is 1. The van der Waals surface area contributed by atoms with Crippen LogP contribution in [0.15, 0.2) is 24.7 Å². The van der Waals surface area contributed by atoms with Gasteiger partial charge in [-0.2, -0.15) is 0 Å². The number of carbonyl (C=O) groups is 1. The second-order valence-electron chi connectivity index (χ2n) is 7.02. The highest BCUT2D eigenvalue weighted by molar-refractivity contribution is 6.02. The summed E-state index contributed by atoms with van der Waals surface area (Å²) < 4.78 is 2.01.